The first kappa shape index (κ1) is 15.3. The second-order valence-corrected chi connectivity index (χ2v) is 5.28. The average molecular weight is 322 g/mol. The number of ether oxygens (including phenoxy) is 2. The SMILES string of the molecule is COC1(C)OCCc2c1oc1cc(O)c(O)c(C(=O)O)c1c2=O. The van der Waals surface area contributed by atoms with Crippen LogP contribution in [0.3, 0.4) is 0 Å². The van der Waals surface area contributed by atoms with Crippen molar-refractivity contribution in [2.45, 2.75) is 19.1 Å². The highest BCUT2D eigenvalue weighted by molar-refractivity contribution is 6.06. The van der Waals surface area contributed by atoms with Gasteiger partial charge in [-0.25, -0.2) is 4.79 Å². The smallest absolute Gasteiger partial charge is 0.340 e. The molecular weight excluding hydrogens is 308 g/mol. The second-order valence-electron chi connectivity index (χ2n) is 5.28. The molecule has 0 amide bonds. The molecule has 2 aromatic rings. The van der Waals surface area contributed by atoms with Gasteiger partial charge in [-0.05, 0) is 6.92 Å². The zero-order chi connectivity index (χ0) is 16.9. The fourth-order valence-electron chi connectivity index (χ4n) is 2.73. The average Bonchev–Trinajstić information content (AvgIpc) is 2.50. The number of carboxylic acid groups (broad SMARTS) is 1. The Balaban J connectivity index is 2.50. The van der Waals surface area contributed by atoms with E-state index >= 15 is 0 Å². The van der Waals surface area contributed by atoms with E-state index in [4.69, 9.17) is 13.9 Å². The van der Waals surface area contributed by atoms with Gasteiger partial charge in [0.1, 0.15) is 11.1 Å². The maximum absolute atomic E-state index is 12.7. The zero-order valence-corrected chi connectivity index (χ0v) is 12.4. The fraction of sp³-hybridized carbons (Fsp3) is 0.333. The minimum atomic E-state index is -1.54. The van der Waals surface area contributed by atoms with Crippen LogP contribution in [0.1, 0.15) is 28.6 Å². The van der Waals surface area contributed by atoms with Crippen LogP contribution >= 0.6 is 0 Å². The molecule has 0 aliphatic carbocycles. The van der Waals surface area contributed by atoms with E-state index in [1.807, 2.05) is 0 Å². The third-order valence-electron chi connectivity index (χ3n) is 3.98. The number of aromatic carboxylic acids is 1. The van der Waals surface area contributed by atoms with Crippen molar-refractivity contribution in [3.8, 4) is 11.5 Å². The van der Waals surface area contributed by atoms with E-state index in [0.717, 1.165) is 6.07 Å². The summed E-state index contributed by atoms with van der Waals surface area (Å²) < 4.78 is 16.4. The van der Waals surface area contributed by atoms with Crippen LogP contribution in [-0.2, 0) is 21.7 Å². The van der Waals surface area contributed by atoms with E-state index in [0.29, 0.717) is 0 Å². The Kier molecular flexibility index (Phi) is 3.31. The highest BCUT2D eigenvalue weighted by Crippen LogP contribution is 2.39. The van der Waals surface area contributed by atoms with Crippen molar-refractivity contribution in [3.05, 3.63) is 33.2 Å². The van der Waals surface area contributed by atoms with Crippen LogP contribution < -0.4 is 5.43 Å². The molecule has 8 nitrogen and oxygen atoms in total. The van der Waals surface area contributed by atoms with E-state index in [1.54, 1.807) is 6.92 Å². The predicted octanol–water partition coefficient (Wildman–Crippen LogP) is 1.29. The molecule has 0 spiro atoms. The van der Waals surface area contributed by atoms with Gasteiger partial charge >= 0.3 is 5.97 Å². The molecule has 1 atom stereocenters. The Morgan fingerprint density at radius 1 is 1.39 bits per heavy atom. The highest BCUT2D eigenvalue weighted by Gasteiger charge is 2.39. The first-order chi connectivity index (χ1) is 10.8. The number of phenolic OH excluding ortho intramolecular Hbond substituents is 1. The van der Waals surface area contributed by atoms with Crippen LogP contribution in [0.15, 0.2) is 15.3 Å². The molecule has 2 heterocycles. The van der Waals surface area contributed by atoms with Crippen LogP contribution in [0.5, 0.6) is 11.5 Å². The number of carbonyl (C=O) groups is 1. The number of hydrogen-bond donors (Lipinski definition) is 3. The number of hydrogen-bond acceptors (Lipinski definition) is 7. The Morgan fingerprint density at radius 2 is 2.09 bits per heavy atom. The molecule has 0 saturated heterocycles. The molecule has 0 saturated carbocycles. The molecule has 3 rings (SSSR count). The maximum atomic E-state index is 12.7. The molecule has 0 fully saturated rings. The van der Waals surface area contributed by atoms with E-state index in [9.17, 15) is 24.9 Å². The van der Waals surface area contributed by atoms with Gasteiger partial charge in [-0.3, -0.25) is 4.79 Å². The van der Waals surface area contributed by atoms with E-state index < -0.39 is 34.2 Å². The number of benzene rings is 1. The second kappa shape index (κ2) is 4.97. The summed E-state index contributed by atoms with van der Waals surface area (Å²) in [6.45, 7) is 1.76. The van der Waals surface area contributed by atoms with Crippen LogP contribution in [0.2, 0.25) is 0 Å². The monoisotopic (exact) mass is 322 g/mol. The van der Waals surface area contributed by atoms with Gasteiger partial charge in [0.05, 0.1) is 12.0 Å². The summed E-state index contributed by atoms with van der Waals surface area (Å²) in [7, 11) is 1.39. The van der Waals surface area contributed by atoms with Crippen LogP contribution in [0.4, 0.5) is 0 Å². The van der Waals surface area contributed by atoms with Gasteiger partial charge in [0, 0.05) is 25.2 Å². The predicted molar refractivity (Wildman–Crippen MR) is 76.8 cm³/mol. The Bertz CT molecular complexity index is 881. The first-order valence-electron chi connectivity index (χ1n) is 6.77. The standard InChI is InChI=1S/C15H14O8/c1-15(21-2)13-6(3-4-22-15)11(17)9-8(23-13)5-7(16)12(18)10(9)14(19)20/h5,16,18H,3-4H2,1-2H3,(H,19,20). The zero-order valence-electron chi connectivity index (χ0n) is 12.4. The molecule has 1 aromatic carbocycles. The van der Waals surface area contributed by atoms with Crippen molar-refractivity contribution in [3.63, 3.8) is 0 Å². The number of aromatic hydroxyl groups is 2. The topological polar surface area (TPSA) is 126 Å². The summed E-state index contributed by atoms with van der Waals surface area (Å²) in [6.07, 6.45) is 0.216. The summed E-state index contributed by atoms with van der Waals surface area (Å²) in [5.41, 5.74) is -1.24. The van der Waals surface area contributed by atoms with Crippen LogP contribution in [0, 0.1) is 0 Å². The first-order valence-corrected chi connectivity index (χ1v) is 6.77. The summed E-state index contributed by atoms with van der Waals surface area (Å²) in [5.74, 6) is -4.30. The number of methoxy groups -OCH3 is 1. The van der Waals surface area contributed by atoms with Gasteiger partial charge in [-0.2, -0.15) is 0 Å². The third kappa shape index (κ3) is 2.07. The summed E-state index contributed by atoms with van der Waals surface area (Å²) in [5, 5.41) is 28.4. The Morgan fingerprint density at radius 3 is 2.70 bits per heavy atom. The normalized spacial score (nSPS) is 20.4. The van der Waals surface area contributed by atoms with E-state index in [2.05, 4.69) is 0 Å². The number of carboxylic acids is 1. The fourth-order valence-corrected chi connectivity index (χ4v) is 2.73. The lowest BCUT2D eigenvalue weighted by atomic mass is 9.98. The van der Waals surface area contributed by atoms with Crippen LogP contribution in [-0.4, -0.2) is 35.0 Å². The number of phenols is 2. The molecule has 0 radical (unpaired) electrons. The highest BCUT2D eigenvalue weighted by atomic mass is 16.7. The van der Waals surface area contributed by atoms with Crippen molar-refractivity contribution < 1.29 is 34.0 Å². The minimum Gasteiger partial charge on any atom is -0.504 e. The lowest BCUT2D eigenvalue weighted by Crippen LogP contribution is -2.37. The van der Waals surface area contributed by atoms with Gasteiger partial charge in [-0.15, -0.1) is 0 Å². The molecule has 8 heteroatoms. The Hall–Kier alpha value is -2.58. The molecule has 3 N–H and O–H groups in total. The molecule has 1 aromatic heterocycles. The molecular formula is C15H14O8. The van der Waals surface area contributed by atoms with Crippen molar-refractivity contribution in [2.75, 3.05) is 13.7 Å². The summed E-state index contributed by atoms with van der Waals surface area (Å²) >= 11 is 0. The molecule has 1 aliphatic rings. The van der Waals surface area contributed by atoms with Crippen molar-refractivity contribution >= 4 is 16.9 Å². The van der Waals surface area contributed by atoms with Gasteiger partial charge in [-0.1, -0.05) is 0 Å². The van der Waals surface area contributed by atoms with Gasteiger partial charge in [0.25, 0.3) is 0 Å². The molecule has 122 valence electrons. The number of fused-ring (bicyclic) bond motifs is 2. The Labute approximate surface area is 129 Å². The van der Waals surface area contributed by atoms with Crippen molar-refractivity contribution in [1.82, 2.24) is 0 Å². The summed E-state index contributed by atoms with van der Waals surface area (Å²) in [4.78, 5) is 24.1. The van der Waals surface area contributed by atoms with E-state index in [1.165, 1.54) is 7.11 Å². The van der Waals surface area contributed by atoms with E-state index in [-0.39, 0.29) is 35.3 Å². The van der Waals surface area contributed by atoms with Gasteiger partial charge in [0.15, 0.2) is 22.7 Å². The third-order valence-corrected chi connectivity index (χ3v) is 3.98. The molecule has 1 aliphatic heterocycles. The number of rotatable bonds is 2. The largest absolute Gasteiger partial charge is 0.504 e. The molecule has 23 heavy (non-hydrogen) atoms. The molecule has 1 unspecified atom stereocenters. The lowest BCUT2D eigenvalue weighted by Gasteiger charge is -2.32. The molecule has 0 bridgehead atoms. The van der Waals surface area contributed by atoms with Crippen molar-refractivity contribution in [2.24, 2.45) is 0 Å². The quantitative estimate of drug-likeness (QED) is 0.706. The van der Waals surface area contributed by atoms with Gasteiger partial charge in [0.2, 0.25) is 5.79 Å². The lowest BCUT2D eigenvalue weighted by molar-refractivity contribution is -0.236. The maximum Gasteiger partial charge on any atom is 0.340 e. The summed E-state index contributed by atoms with van der Waals surface area (Å²) in [6, 6.07) is 0.990. The van der Waals surface area contributed by atoms with Crippen LogP contribution in [0.25, 0.3) is 11.0 Å². The minimum absolute atomic E-state index is 0.116. The van der Waals surface area contributed by atoms with Crippen molar-refractivity contribution in [1.29, 1.82) is 0 Å². The van der Waals surface area contributed by atoms with Gasteiger partial charge < -0.3 is 29.2 Å².